The highest BCUT2D eigenvalue weighted by atomic mass is 32.2. The predicted molar refractivity (Wildman–Crippen MR) is 77.8 cm³/mol. The van der Waals surface area contributed by atoms with Crippen molar-refractivity contribution in [3.05, 3.63) is 29.3 Å². The SMILES string of the molecule is CC(=O)NCCC1CCCc2ccc([S+](C)[O-])cc21. The first kappa shape index (κ1) is 14.4. The summed E-state index contributed by atoms with van der Waals surface area (Å²) in [5.74, 6) is 0.513. The fourth-order valence-electron chi connectivity index (χ4n) is 2.78. The first-order chi connectivity index (χ1) is 9.08. The summed E-state index contributed by atoms with van der Waals surface area (Å²) >= 11 is -0.925. The average molecular weight is 279 g/mol. The number of fused-ring (bicyclic) bond motifs is 1. The molecule has 4 heteroatoms. The molecule has 0 saturated heterocycles. The third kappa shape index (κ3) is 3.74. The average Bonchev–Trinajstić information content (AvgIpc) is 2.38. The van der Waals surface area contributed by atoms with Crippen LogP contribution in [0.3, 0.4) is 0 Å². The zero-order chi connectivity index (χ0) is 13.8. The highest BCUT2D eigenvalue weighted by Gasteiger charge is 2.21. The van der Waals surface area contributed by atoms with E-state index < -0.39 is 11.2 Å². The van der Waals surface area contributed by atoms with Gasteiger partial charge in [0, 0.05) is 13.5 Å². The topological polar surface area (TPSA) is 52.2 Å². The maximum Gasteiger partial charge on any atom is 0.216 e. The van der Waals surface area contributed by atoms with Crippen molar-refractivity contribution in [2.75, 3.05) is 12.8 Å². The minimum atomic E-state index is -0.925. The molecule has 0 bridgehead atoms. The number of benzene rings is 1. The van der Waals surface area contributed by atoms with Gasteiger partial charge in [0.05, 0.1) is 0 Å². The van der Waals surface area contributed by atoms with E-state index in [-0.39, 0.29) is 5.91 Å². The van der Waals surface area contributed by atoms with Gasteiger partial charge < -0.3 is 9.87 Å². The zero-order valence-corrected chi connectivity index (χ0v) is 12.4. The Kier molecular flexibility index (Phi) is 4.88. The van der Waals surface area contributed by atoms with Crippen LogP contribution in [-0.4, -0.2) is 23.3 Å². The monoisotopic (exact) mass is 279 g/mol. The number of carbonyl (C=O) groups is 1. The number of aryl methyl sites for hydroxylation is 1. The molecule has 2 rings (SSSR count). The highest BCUT2D eigenvalue weighted by molar-refractivity contribution is 7.90. The molecule has 0 radical (unpaired) electrons. The van der Waals surface area contributed by atoms with E-state index in [0.717, 1.165) is 30.7 Å². The van der Waals surface area contributed by atoms with Gasteiger partial charge >= 0.3 is 0 Å². The minimum absolute atomic E-state index is 0.0273. The van der Waals surface area contributed by atoms with Gasteiger partial charge in [0.1, 0.15) is 6.26 Å². The van der Waals surface area contributed by atoms with Crippen LogP contribution in [-0.2, 0) is 22.4 Å². The van der Waals surface area contributed by atoms with Crippen molar-refractivity contribution in [2.24, 2.45) is 0 Å². The van der Waals surface area contributed by atoms with Crippen molar-refractivity contribution in [3.8, 4) is 0 Å². The lowest BCUT2D eigenvalue weighted by Gasteiger charge is -2.26. The van der Waals surface area contributed by atoms with Gasteiger partial charge in [-0.05, 0) is 66.0 Å². The summed E-state index contributed by atoms with van der Waals surface area (Å²) < 4.78 is 11.6. The number of nitrogens with one attached hydrogen (secondary N) is 1. The van der Waals surface area contributed by atoms with Crippen LogP contribution < -0.4 is 5.32 Å². The van der Waals surface area contributed by atoms with Gasteiger partial charge in [0.15, 0.2) is 4.90 Å². The van der Waals surface area contributed by atoms with Crippen LogP contribution >= 0.6 is 0 Å². The van der Waals surface area contributed by atoms with Crippen molar-refractivity contribution >= 4 is 17.1 Å². The van der Waals surface area contributed by atoms with E-state index in [1.807, 2.05) is 6.07 Å². The van der Waals surface area contributed by atoms with Gasteiger partial charge in [-0.25, -0.2) is 0 Å². The smallest absolute Gasteiger partial charge is 0.216 e. The highest BCUT2D eigenvalue weighted by Crippen LogP contribution is 2.35. The second kappa shape index (κ2) is 6.44. The first-order valence-electron chi connectivity index (χ1n) is 6.78. The van der Waals surface area contributed by atoms with Gasteiger partial charge in [0.25, 0.3) is 0 Å². The third-order valence-corrected chi connectivity index (χ3v) is 4.67. The molecule has 0 aromatic heterocycles. The maximum absolute atomic E-state index is 11.6. The molecule has 1 N–H and O–H groups in total. The second-order valence-corrected chi connectivity index (χ2v) is 6.56. The van der Waals surface area contributed by atoms with E-state index in [1.165, 1.54) is 17.5 Å². The van der Waals surface area contributed by atoms with Gasteiger partial charge in [-0.15, -0.1) is 0 Å². The van der Waals surface area contributed by atoms with Crippen LogP contribution in [0, 0.1) is 0 Å². The van der Waals surface area contributed by atoms with Crippen LogP contribution in [0.15, 0.2) is 23.1 Å². The molecule has 0 saturated carbocycles. The molecule has 0 fully saturated rings. The molecule has 2 unspecified atom stereocenters. The molecular formula is C15H21NO2S. The number of rotatable bonds is 4. The molecule has 1 aromatic rings. The largest absolute Gasteiger partial charge is 0.612 e. The first-order valence-corrected chi connectivity index (χ1v) is 8.34. The Balaban J connectivity index is 2.12. The molecule has 19 heavy (non-hydrogen) atoms. The van der Waals surface area contributed by atoms with Crippen molar-refractivity contribution < 1.29 is 9.35 Å². The standard InChI is InChI=1S/C15H21NO2S/c1-11(17)16-9-8-13-5-3-4-12-6-7-14(19(2)18)10-15(12)13/h6-7,10,13H,3-5,8-9H2,1-2H3,(H,16,17). The number of amides is 1. The summed E-state index contributed by atoms with van der Waals surface area (Å²) in [6.07, 6.45) is 6.16. The van der Waals surface area contributed by atoms with Gasteiger partial charge in [-0.3, -0.25) is 4.79 Å². The predicted octanol–water partition coefficient (Wildman–Crippen LogP) is 2.37. The van der Waals surface area contributed by atoms with E-state index in [1.54, 1.807) is 13.2 Å². The van der Waals surface area contributed by atoms with E-state index in [0.29, 0.717) is 5.92 Å². The molecule has 3 nitrogen and oxygen atoms in total. The van der Waals surface area contributed by atoms with Crippen LogP contribution in [0.5, 0.6) is 0 Å². The molecule has 0 heterocycles. The van der Waals surface area contributed by atoms with E-state index in [4.69, 9.17) is 0 Å². The molecule has 1 aliphatic rings. The lowest BCUT2D eigenvalue weighted by molar-refractivity contribution is -0.118. The molecule has 1 aromatic carbocycles. The van der Waals surface area contributed by atoms with Crippen molar-refractivity contribution in [1.29, 1.82) is 0 Å². The molecule has 1 amide bonds. The molecular weight excluding hydrogens is 258 g/mol. The third-order valence-electron chi connectivity index (χ3n) is 3.75. The van der Waals surface area contributed by atoms with Crippen molar-refractivity contribution in [2.45, 2.75) is 43.4 Å². The van der Waals surface area contributed by atoms with Gasteiger partial charge in [0.2, 0.25) is 5.91 Å². The Labute approximate surface area is 118 Å². The quantitative estimate of drug-likeness (QED) is 0.860. The molecule has 0 spiro atoms. The minimum Gasteiger partial charge on any atom is -0.612 e. The van der Waals surface area contributed by atoms with Gasteiger partial charge in [-0.1, -0.05) is 6.07 Å². The summed E-state index contributed by atoms with van der Waals surface area (Å²) in [5, 5.41) is 2.86. The van der Waals surface area contributed by atoms with Crippen LogP contribution in [0.4, 0.5) is 0 Å². The fourth-order valence-corrected chi connectivity index (χ4v) is 3.33. The number of carbonyl (C=O) groups excluding carboxylic acids is 1. The maximum atomic E-state index is 11.6. The summed E-state index contributed by atoms with van der Waals surface area (Å²) in [6, 6.07) is 6.20. The Morgan fingerprint density at radius 3 is 3.00 bits per heavy atom. The van der Waals surface area contributed by atoms with E-state index in [2.05, 4.69) is 17.4 Å². The summed E-state index contributed by atoms with van der Waals surface area (Å²) in [5.41, 5.74) is 2.72. The van der Waals surface area contributed by atoms with Gasteiger partial charge in [-0.2, -0.15) is 0 Å². The number of hydrogen-bond donors (Lipinski definition) is 1. The lowest BCUT2D eigenvalue weighted by Crippen LogP contribution is -2.23. The lowest BCUT2D eigenvalue weighted by atomic mass is 9.81. The number of hydrogen-bond acceptors (Lipinski definition) is 2. The van der Waals surface area contributed by atoms with E-state index >= 15 is 0 Å². The normalized spacial score (nSPS) is 19.6. The van der Waals surface area contributed by atoms with Crippen molar-refractivity contribution in [3.63, 3.8) is 0 Å². The second-order valence-electron chi connectivity index (χ2n) is 5.18. The Morgan fingerprint density at radius 1 is 1.53 bits per heavy atom. The Bertz CT molecular complexity index is 459. The zero-order valence-electron chi connectivity index (χ0n) is 11.6. The van der Waals surface area contributed by atoms with Crippen LogP contribution in [0.1, 0.15) is 43.2 Å². The summed E-state index contributed by atoms with van der Waals surface area (Å²) in [4.78, 5) is 11.8. The molecule has 104 valence electrons. The van der Waals surface area contributed by atoms with E-state index in [9.17, 15) is 9.35 Å². The summed E-state index contributed by atoms with van der Waals surface area (Å²) in [7, 11) is 0. The Morgan fingerprint density at radius 2 is 2.32 bits per heavy atom. The van der Waals surface area contributed by atoms with Crippen molar-refractivity contribution in [1.82, 2.24) is 5.32 Å². The van der Waals surface area contributed by atoms with Crippen LogP contribution in [0.2, 0.25) is 0 Å². The molecule has 2 atom stereocenters. The molecule has 0 aliphatic heterocycles. The Hall–Kier alpha value is -1.00. The van der Waals surface area contributed by atoms with Crippen LogP contribution in [0.25, 0.3) is 0 Å². The molecule has 1 aliphatic carbocycles. The summed E-state index contributed by atoms with van der Waals surface area (Å²) in [6.45, 7) is 2.27. The fraction of sp³-hybridized carbons (Fsp3) is 0.533.